The van der Waals surface area contributed by atoms with Gasteiger partial charge in [0.2, 0.25) is 5.95 Å². The van der Waals surface area contributed by atoms with Gasteiger partial charge in [-0.2, -0.15) is 0 Å². The molecule has 3 aromatic rings. The van der Waals surface area contributed by atoms with Crippen LogP contribution in [0.1, 0.15) is 28.5 Å². The van der Waals surface area contributed by atoms with Crippen LogP contribution in [-0.4, -0.2) is 28.5 Å². The first-order valence-corrected chi connectivity index (χ1v) is 9.34. The van der Waals surface area contributed by atoms with Gasteiger partial charge in [0, 0.05) is 24.5 Å². The van der Waals surface area contributed by atoms with Gasteiger partial charge >= 0.3 is 0 Å². The van der Waals surface area contributed by atoms with Gasteiger partial charge in [-0.1, -0.05) is 30.3 Å². The van der Waals surface area contributed by atoms with E-state index in [9.17, 15) is 9.18 Å². The number of nitrogens with one attached hydrogen (secondary N) is 1. The minimum absolute atomic E-state index is 0.0924. The molecule has 5 nitrogen and oxygen atoms in total. The van der Waals surface area contributed by atoms with Crippen molar-refractivity contribution in [3.63, 3.8) is 0 Å². The van der Waals surface area contributed by atoms with Crippen LogP contribution >= 0.6 is 0 Å². The van der Waals surface area contributed by atoms with Crippen LogP contribution in [0, 0.1) is 5.82 Å². The van der Waals surface area contributed by atoms with E-state index in [1.165, 1.54) is 17.7 Å². The highest BCUT2D eigenvalue weighted by Crippen LogP contribution is 2.32. The number of benzene rings is 2. The standard InChI is InChI=1S/C22H21FN4O/c1-15-14-17-4-2-3-5-20(17)27(15)21(28)19-11-13-25-22(26-19)24-12-10-16-6-8-18(23)9-7-16/h2-9,11,13,15H,10,12,14H2,1H3,(H,24,25,26). The van der Waals surface area contributed by atoms with E-state index in [0.29, 0.717) is 24.6 Å². The lowest BCUT2D eigenvalue weighted by molar-refractivity contribution is 0.0976. The van der Waals surface area contributed by atoms with Crippen LogP contribution in [0.2, 0.25) is 0 Å². The SMILES string of the molecule is CC1Cc2ccccc2N1C(=O)c1ccnc(NCCc2ccc(F)cc2)n1. The Kier molecular flexibility index (Phi) is 5.02. The average Bonchev–Trinajstić information content (AvgIpc) is 3.05. The molecule has 0 bridgehead atoms. The molecule has 1 unspecified atom stereocenters. The third-order valence-electron chi connectivity index (χ3n) is 4.91. The van der Waals surface area contributed by atoms with E-state index in [1.807, 2.05) is 25.1 Å². The van der Waals surface area contributed by atoms with E-state index in [0.717, 1.165) is 17.7 Å². The molecule has 1 aliphatic heterocycles. The number of carbonyl (C=O) groups excluding carboxylic acids is 1. The summed E-state index contributed by atoms with van der Waals surface area (Å²) >= 11 is 0. The molecule has 1 amide bonds. The number of anilines is 2. The van der Waals surface area contributed by atoms with Crippen molar-refractivity contribution in [1.82, 2.24) is 9.97 Å². The van der Waals surface area contributed by atoms with Crippen molar-refractivity contribution in [2.75, 3.05) is 16.8 Å². The molecule has 1 N–H and O–H groups in total. The average molecular weight is 376 g/mol. The van der Waals surface area contributed by atoms with E-state index < -0.39 is 0 Å². The highest BCUT2D eigenvalue weighted by molar-refractivity contribution is 6.06. The van der Waals surface area contributed by atoms with Gasteiger partial charge in [-0.3, -0.25) is 4.79 Å². The third kappa shape index (κ3) is 3.71. The second-order valence-electron chi connectivity index (χ2n) is 6.93. The van der Waals surface area contributed by atoms with Crippen LogP contribution < -0.4 is 10.2 Å². The van der Waals surface area contributed by atoms with Gasteiger partial charge in [0.1, 0.15) is 11.5 Å². The Balaban J connectivity index is 1.45. The first-order chi connectivity index (χ1) is 13.6. The first kappa shape index (κ1) is 18.1. The molecular formula is C22H21FN4O. The summed E-state index contributed by atoms with van der Waals surface area (Å²) in [6.45, 7) is 2.63. The lowest BCUT2D eigenvalue weighted by Crippen LogP contribution is -2.36. The molecule has 0 fully saturated rings. The van der Waals surface area contributed by atoms with E-state index in [4.69, 9.17) is 0 Å². The maximum absolute atomic E-state index is 13.1. The predicted octanol–water partition coefficient (Wildman–Crippen LogP) is 3.86. The monoisotopic (exact) mass is 376 g/mol. The molecule has 0 aliphatic carbocycles. The Morgan fingerprint density at radius 1 is 1.18 bits per heavy atom. The maximum Gasteiger partial charge on any atom is 0.277 e. The van der Waals surface area contributed by atoms with Gasteiger partial charge in [-0.15, -0.1) is 0 Å². The summed E-state index contributed by atoms with van der Waals surface area (Å²) in [5.74, 6) is 0.0403. The number of halogens is 1. The number of hydrogen-bond donors (Lipinski definition) is 1. The Morgan fingerprint density at radius 2 is 1.96 bits per heavy atom. The number of fused-ring (bicyclic) bond motifs is 1. The Hall–Kier alpha value is -3.28. The van der Waals surface area contributed by atoms with Crippen molar-refractivity contribution in [3.05, 3.63) is 83.4 Å². The largest absolute Gasteiger partial charge is 0.354 e. The van der Waals surface area contributed by atoms with Crippen molar-refractivity contribution in [3.8, 4) is 0 Å². The summed E-state index contributed by atoms with van der Waals surface area (Å²) in [4.78, 5) is 23.5. The van der Waals surface area contributed by atoms with Gasteiger partial charge in [0.25, 0.3) is 5.91 Å². The minimum Gasteiger partial charge on any atom is -0.354 e. The molecule has 1 aromatic heterocycles. The van der Waals surface area contributed by atoms with Gasteiger partial charge in [0.05, 0.1) is 0 Å². The number of nitrogens with zero attached hydrogens (tertiary/aromatic N) is 3. The van der Waals surface area contributed by atoms with Crippen LogP contribution in [-0.2, 0) is 12.8 Å². The highest BCUT2D eigenvalue weighted by Gasteiger charge is 2.31. The van der Waals surface area contributed by atoms with Crippen LogP contribution in [0.3, 0.4) is 0 Å². The fourth-order valence-electron chi connectivity index (χ4n) is 3.53. The zero-order valence-electron chi connectivity index (χ0n) is 15.6. The first-order valence-electron chi connectivity index (χ1n) is 9.34. The second kappa shape index (κ2) is 7.76. The van der Waals surface area contributed by atoms with E-state index in [2.05, 4.69) is 21.4 Å². The summed E-state index contributed by atoms with van der Waals surface area (Å²) < 4.78 is 13.0. The smallest absolute Gasteiger partial charge is 0.277 e. The number of carbonyl (C=O) groups is 1. The lowest BCUT2D eigenvalue weighted by Gasteiger charge is -2.22. The summed E-state index contributed by atoms with van der Waals surface area (Å²) in [6, 6.07) is 16.1. The molecule has 2 aromatic carbocycles. The fourth-order valence-corrected chi connectivity index (χ4v) is 3.53. The van der Waals surface area contributed by atoms with Crippen LogP contribution in [0.15, 0.2) is 60.8 Å². The zero-order valence-corrected chi connectivity index (χ0v) is 15.6. The summed E-state index contributed by atoms with van der Waals surface area (Å²) in [6.07, 6.45) is 3.14. The summed E-state index contributed by atoms with van der Waals surface area (Å²) in [5, 5.41) is 3.14. The molecular weight excluding hydrogens is 355 g/mol. The van der Waals surface area contributed by atoms with E-state index in [1.54, 1.807) is 29.3 Å². The molecule has 1 atom stereocenters. The van der Waals surface area contributed by atoms with Crippen molar-refractivity contribution < 1.29 is 9.18 Å². The number of para-hydroxylation sites is 1. The van der Waals surface area contributed by atoms with E-state index in [-0.39, 0.29) is 17.8 Å². The highest BCUT2D eigenvalue weighted by atomic mass is 19.1. The molecule has 0 spiro atoms. The number of hydrogen-bond acceptors (Lipinski definition) is 4. The number of aromatic nitrogens is 2. The lowest BCUT2D eigenvalue weighted by atomic mass is 10.1. The number of amides is 1. The van der Waals surface area contributed by atoms with Crippen molar-refractivity contribution in [2.24, 2.45) is 0 Å². The van der Waals surface area contributed by atoms with Crippen molar-refractivity contribution >= 4 is 17.5 Å². The molecule has 142 valence electrons. The van der Waals surface area contributed by atoms with E-state index >= 15 is 0 Å². The van der Waals surface area contributed by atoms with Gasteiger partial charge in [-0.05, 0) is 55.2 Å². The molecule has 2 heterocycles. The quantitative estimate of drug-likeness (QED) is 0.735. The molecule has 0 saturated heterocycles. The van der Waals surface area contributed by atoms with Gasteiger partial charge in [0.15, 0.2) is 0 Å². The van der Waals surface area contributed by atoms with Crippen LogP contribution in [0.4, 0.5) is 16.0 Å². The predicted molar refractivity (Wildman–Crippen MR) is 107 cm³/mol. The Morgan fingerprint density at radius 3 is 2.79 bits per heavy atom. The van der Waals surface area contributed by atoms with Crippen molar-refractivity contribution in [2.45, 2.75) is 25.8 Å². The Bertz CT molecular complexity index is 990. The van der Waals surface area contributed by atoms with Crippen molar-refractivity contribution in [1.29, 1.82) is 0 Å². The Labute approximate surface area is 163 Å². The molecule has 0 saturated carbocycles. The topological polar surface area (TPSA) is 58.1 Å². The molecule has 28 heavy (non-hydrogen) atoms. The summed E-state index contributed by atoms with van der Waals surface area (Å²) in [7, 11) is 0. The fraction of sp³-hybridized carbons (Fsp3) is 0.227. The minimum atomic E-state index is -0.246. The maximum atomic E-state index is 13.1. The normalized spacial score (nSPS) is 15.4. The zero-order chi connectivity index (χ0) is 19.5. The van der Waals surface area contributed by atoms with Crippen LogP contribution in [0.5, 0.6) is 0 Å². The molecule has 0 radical (unpaired) electrons. The summed E-state index contributed by atoms with van der Waals surface area (Å²) in [5.41, 5.74) is 3.51. The molecule has 4 rings (SSSR count). The van der Waals surface area contributed by atoms with Crippen LogP contribution in [0.25, 0.3) is 0 Å². The van der Waals surface area contributed by atoms with Gasteiger partial charge in [-0.25, -0.2) is 14.4 Å². The number of rotatable bonds is 5. The molecule has 1 aliphatic rings. The second-order valence-corrected chi connectivity index (χ2v) is 6.93. The molecule has 6 heteroatoms. The van der Waals surface area contributed by atoms with Gasteiger partial charge < -0.3 is 10.2 Å². The third-order valence-corrected chi connectivity index (χ3v) is 4.91.